The highest BCUT2D eigenvalue weighted by molar-refractivity contribution is 5.69. The van der Waals surface area contributed by atoms with Crippen molar-refractivity contribution in [3.63, 3.8) is 0 Å². The molecule has 0 aliphatic carbocycles. The Hall–Kier alpha value is -0.650. The highest BCUT2D eigenvalue weighted by Crippen LogP contribution is 2.31. The lowest BCUT2D eigenvalue weighted by Crippen LogP contribution is -2.25. The normalized spacial score (nSPS) is 19.7. The minimum Gasteiger partial charge on any atom is -0.457 e. The van der Waals surface area contributed by atoms with Crippen molar-refractivity contribution in [2.24, 2.45) is 0 Å². The van der Waals surface area contributed by atoms with Gasteiger partial charge in [-0.2, -0.15) is 0 Å². The first-order valence-corrected chi connectivity index (χ1v) is 9.77. The predicted octanol–water partition coefficient (Wildman–Crippen LogP) is 3.35. The number of carbonyl (C=O) groups is 1. The Bertz CT molecular complexity index is 317. The van der Waals surface area contributed by atoms with Crippen LogP contribution in [0.1, 0.15) is 84.0 Å². The van der Waals surface area contributed by atoms with Crippen molar-refractivity contribution in [3.05, 3.63) is 0 Å². The van der Waals surface area contributed by atoms with E-state index >= 15 is 0 Å². The molecule has 0 bridgehead atoms. The second-order valence-corrected chi connectivity index (χ2v) is 6.85. The van der Waals surface area contributed by atoms with Crippen molar-refractivity contribution >= 4 is 5.97 Å². The number of aliphatic hydroxyl groups is 2. The van der Waals surface area contributed by atoms with Gasteiger partial charge in [0.15, 0.2) is 0 Å². The van der Waals surface area contributed by atoms with Gasteiger partial charge < -0.3 is 19.7 Å². The molecule has 1 heterocycles. The Morgan fingerprint density at radius 3 is 2.04 bits per heavy atom. The first-order chi connectivity index (χ1) is 11.7. The highest BCUT2D eigenvalue weighted by atomic mass is 16.6. The smallest absolute Gasteiger partial charge is 0.306 e. The summed E-state index contributed by atoms with van der Waals surface area (Å²) in [5.74, 6) is -0.333. The predicted molar refractivity (Wildman–Crippen MR) is 93.8 cm³/mol. The number of aliphatic hydroxyl groups excluding tert-OH is 2. The standard InChI is InChI=1S/C19H36O5/c1-2-3-4-8-11-17-18(24-17)12-9-6-5-7-10-13-19(22)23-16(14-20)15-21/h16-18,20-21H,2-15H2,1H3. The molecule has 1 aliphatic rings. The summed E-state index contributed by atoms with van der Waals surface area (Å²) in [7, 11) is 0. The molecule has 1 aliphatic heterocycles. The molecule has 0 spiro atoms. The van der Waals surface area contributed by atoms with E-state index in [0.717, 1.165) is 19.3 Å². The summed E-state index contributed by atoms with van der Waals surface area (Å²) in [6.45, 7) is 1.58. The molecule has 2 N–H and O–H groups in total. The maximum Gasteiger partial charge on any atom is 0.306 e. The molecule has 0 aromatic rings. The summed E-state index contributed by atoms with van der Waals surface area (Å²) in [5.41, 5.74) is 0. The van der Waals surface area contributed by atoms with E-state index in [4.69, 9.17) is 19.7 Å². The minimum absolute atomic E-state index is 0.328. The highest BCUT2D eigenvalue weighted by Gasteiger charge is 2.36. The number of esters is 1. The van der Waals surface area contributed by atoms with Crippen molar-refractivity contribution in [1.29, 1.82) is 0 Å². The van der Waals surface area contributed by atoms with Crippen LogP contribution in [0.25, 0.3) is 0 Å². The minimum atomic E-state index is -0.772. The van der Waals surface area contributed by atoms with Crippen LogP contribution in [0.15, 0.2) is 0 Å². The lowest BCUT2D eigenvalue weighted by atomic mass is 10.0. The number of epoxide rings is 1. The van der Waals surface area contributed by atoms with Crippen molar-refractivity contribution in [1.82, 2.24) is 0 Å². The number of rotatable bonds is 16. The molecule has 0 saturated carbocycles. The summed E-state index contributed by atoms with van der Waals surface area (Å²) in [4.78, 5) is 11.5. The third-order valence-corrected chi connectivity index (χ3v) is 4.60. The molecule has 5 nitrogen and oxygen atoms in total. The van der Waals surface area contributed by atoms with E-state index in [2.05, 4.69) is 6.92 Å². The summed E-state index contributed by atoms with van der Waals surface area (Å²) in [5, 5.41) is 17.7. The Morgan fingerprint density at radius 2 is 1.46 bits per heavy atom. The van der Waals surface area contributed by atoms with E-state index in [1.54, 1.807) is 0 Å². The van der Waals surface area contributed by atoms with Gasteiger partial charge in [-0.25, -0.2) is 0 Å². The molecule has 1 fully saturated rings. The van der Waals surface area contributed by atoms with Crippen LogP contribution < -0.4 is 0 Å². The van der Waals surface area contributed by atoms with E-state index in [9.17, 15) is 4.79 Å². The second-order valence-electron chi connectivity index (χ2n) is 6.85. The summed E-state index contributed by atoms with van der Waals surface area (Å²) < 4.78 is 10.6. The molecule has 142 valence electrons. The van der Waals surface area contributed by atoms with Crippen LogP contribution in [0.5, 0.6) is 0 Å². The first kappa shape index (κ1) is 21.4. The second kappa shape index (κ2) is 13.6. The molecule has 2 unspecified atom stereocenters. The van der Waals surface area contributed by atoms with Gasteiger partial charge in [-0.15, -0.1) is 0 Å². The Kier molecular flexibility index (Phi) is 12.1. The van der Waals surface area contributed by atoms with Crippen molar-refractivity contribution in [3.8, 4) is 0 Å². The lowest BCUT2D eigenvalue weighted by Gasteiger charge is -2.12. The summed E-state index contributed by atoms with van der Waals surface area (Å²) in [6, 6.07) is 0. The fourth-order valence-electron chi connectivity index (χ4n) is 2.98. The van der Waals surface area contributed by atoms with Gasteiger partial charge in [-0.1, -0.05) is 58.3 Å². The van der Waals surface area contributed by atoms with Gasteiger partial charge in [-0.05, 0) is 19.3 Å². The van der Waals surface area contributed by atoms with Crippen molar-refractivity contribution < 1.29 is 24.5 Å². The Labute approximate surface area is 146 Å². The van der Waals surface area contributed by atoms with Gasteiger partial charge >= 0.3 is 5.97 Å². The van der Waals surface area contributed by atoms with Crippen LogP contribution in [-0.4, -0.2) is 47.7 Å². The van der Waals surface area contributed by atoms with Crippen LogP contribution in [0.3, 0.4) is 0 Å². The average molecular weight is 344 g/mol. The molecule has 5 heteroatoms. The SMILES string of the molecule is CCCCCCC1OC1CCCCCCCC(=O)OC(CO)CO. The van der Waals surface area contributed by atoms with Gasteiger partial charge in [0.1, 0.15) is 6.10 Å². The average Bonchev–Trinajstić information content (AvgIpc) is 3.34. The van der Waals surface area contributed by atoms with Gasteiger partial charge in [-0.3, -0.25) is 4.79 Å². The van der Waals surface area contributed by atoms with E-state index in [0.29, 0.717) is 18.6 Å². The Balaban J connectivity index is 1.84. The van der Waals surface area contributed by atoms with Gasteiger partial charge in [0.25, 0.3) is 0 Å². The van der Waals surface area contributed by atoms with Crippen LogP contribution >= 0.6 is 0 Å². The number of carbonyl (C=O) groups excluding carboxylic acids is 1. The number of unbranched alkanes of at least 4 members (excludes halogenated alkanes) is 7. The van der Waals surface area contributed by atoms with E-state index in [1.165, 1.54) is 51.4 Å². The zero-order valence-corrected chi connectivity index (χ0v) is 15.3. The third-order valence-electron chi connectivity index (χ3n) is 4.60. The van der Waals surface area contributed by atoms with Gasteiger partial charge in [0, 0.05) is 6.42 Å². The zero-order chi connectivity index (χ0) is 17.6. The topological polar surface area (TPSA) is 79.3 Å². The van der Waals surface area contributed by atoms with Crippen molar-refractivity contribution in [2.45, 2.75) is 102 Å². The first-order valence-electron chi connectivity index (χ1n) is 9.77. The Morgan fingerprint density at radius 1 is 0.917 bits per heavy atom. The van der Waals surface area contributed by atoms with Gasteiger partial charge in [0.05, 0.1) is 25.4 Å². The number of hydrogen-bond acceptors (Lipinski definition) is 5. The fraction of sp³-hybridized carbons (Fsp3) is 0.947. The van der Waals surface area contributed by atoms with Crippen LogP contribution in [0.4, 0.5) is 0 Å². The van der Waals surface area contributed by atoms with E-state index < -0.39 is 6.10 Å². The van der Waals surface area contributed by atoms with Crippen LogP contribution in [0, 0.1) is 0 Å². The molecule has 0 aromatic carbocycles. The fourth-order valence-corrected chi connectivity index (χ4v) is 2.98. The number of hydrogen-bond donors (Lipinski definition) is 2. The molecule has 0 amide bonds. The summed E-state index contributed by atoms with van der Waals surface area (Å²) >= 11 is 0. The van der Waals surface area contributed by atoms with Crippen LogP contribution in [-0.2, 0) is 14.3 Å². The molecular formula is C19H36O5. The molecule has 1 saturated heterocycles. The lowest BCUT2D eigenvalue weighted by molar-refractivity contribution is -0.153. The molecule has 0 aromatic heterocycles. The molecule has 2 atom stereocenters. The summed E-state index contributed by atoms with van der Waals surface area (Å²) in [6.07, 6.45) is 13.7. The maximum atomic E-state index is 11.5. The van der Waals surface area contributed by atoms with E-state index in [-0.39, 0.29) is 19.2 Å². The van der Waals surface area contributed by atoms with Crippen LogP contribution in [0.2, 0.25) is 0 Å². The van der Waals surface area contributed by atoms with Crippen molar-refractivity contribution in [2.75, 3.05) is 13.2 Å². The largest absolute Gasteiger partial charge is 0.457 e. The third kappa shape index (κ3) is 10.3. The number of ether oxygens (including phenoxy) is 2. The van der Waals surface area contributed by atoms with E-state index in [1.807, 2.05) is 0 Å². The zero-order valence-electron chi connectivity index (χ0n) is 15.3. The monoisotopic (exact) mass is 344 g/mol. The molecule has 24 heavy (non-hydrogen) atoms. The van der Waals surface area contributed by atoms with Gasteiger partial charge in [0.2, 0.25) is 0 Å². The quantitative estimate of drug-likeness (QED) is 0.255. The molecule has 0 radical (unpaired) electrons. The molecular weight excluding hydrogens is 308 g/mol. The molecule has 1 rings (SSSR count). The maximum absolute atomic E-state index is 11.5.